The topological polar surface area (TPSA) is 63.0 Å². The summed E-state index contributed by atoms with van der Waals surface area (Å²) in [6.45, 7) is -0.177. The summed E-state index contributed by atoms with van der Waals surface area (Å²) < 4.78 is 5.63. The Morgan fingerprint density at radius 2 is 1.50 bits per heavy atom. The van der Waals surface area contributed by atoms with Crippen LogP contribution in [-0.2, 0) is 4.79 Å². The predicted octanol–water partition coefficient (Wildman–Crippen LogP) is 5.73. The van der Waals surface area contributed by atoms with Gasteiger partial charge in [0, 0.05) is 10.9 Å². The molecule has 1 heterocycles. The lowest BCUT2D eigenvalue weighted by Gasteiger charge is -2.09. The summed E-state index contributed by atoms with van der Waals surface area (Å²) in [6.07, 6.45) is 0. The normalized spacial score (nSPS) is 11.4. The highest BCUT2D eigenvalue weighted by molar-refractivity contribution is 7.10. The molecule has 0 fully saturated rings. The minimum Gasteiger partial charge on any atom is -0.486 e. The van der Waals surface area contributed by atoms with Crippen molar-refractivity contribution in [3.05, 3.63) is 95.3 Å². The molecule has 0 aliphatic heterocycles. The summed E-state index contributed by atoms with van der Waals surface area (Å²) in [5, 5.41) is 11.9. The molecule has 4 nitrogen and oxygen atoms in total. The van der Waals surface area contributed by atoms with E-state index in [9.17, 15) is 10.1 Å². The van der Waals surface area contributed by atoms with Gasteiger partial charge in [-0.2, -0.15) is 5.26 Å². The highest BCUT2D eigenvalue weighted by Gasteiger charge is 2.24. The number of hydrogen-bond donors (Lipinski definition) is 0. The van der Waals surface area contributed by atoms with Crippen LogP contribution in [0.1, 0.15) is 10.9 Å². The van der Waals surface area contributed by atoms with Crippen molar-refractivity contribution < 1.29 is 9.53 Å². The van der Waals surface area contributed by atoms with Crippen LogP contribution in [0.4, 0.5) is 0 Å². The van der Waals surface area contributed by atoms with Crippen LogP contribution in [0.2, 0.25) is 0 Å². The van der Waals surface area contributed by atoms with Crippen LogP contribution in [0.25, 0.3) is 22.4 Å². The zero-order valence-corrected chi connectivity index (χ0v) is 16.9. The maximum atomic E-state index is 12.6. The average molecular weight is 410 g/mol. The number of nitriles is 1. The van der Waals surface area contributed by atoms with Crippen molar-refractivity contribution in [3.63, 3.8) is 0 Å². The fourth-order valence-electron chi connectivity index (χ4n) is 3.04. The largest absolute Gasteiger partial charge is 0.486 e. The monoisotopic (exact) mass is 410 g/mol. The number of nitrogens with zero attached hydrogens (tertiary/aromatic N) is 2. The molecule has 30 heavy (non-hydrogen) atoms. The molecule has 4 rings (SSSR count). The van der Waals surface area contributed by atoms with Crippen LogP contribution in [0.5, 0.6) is 5.75 Å². The Kier molecular flexibility index (Phi) is 5.98. The first kappa shape index (κ1) is 19.6. The number of benzene rings is 3. The summed E-state index contributed by atoms with van der Waals surface area (Å²) in [4.78, 5) is 17.1. The highest BCUT2D eigenvalue weighted by Crippen LogP contribution is 2.27. The first-order valence-electron chi connectivity index (χ1n) is 9.46. The number of carbonyl (C=O) groups excluding carboxylic acids is 1. The molecule has 1 atom stereocenters. The lowest BCUT2D eigenvalue weighted by molar-refractivity contribution is -0.121. The molecular formula is C25H18N2O2S. The summed E-state index contributed by atoms with van der Waals surface area (Å²) in [6, 6.07) is 29.3. The minimum atomic E-state index is -0.934. The van der Waals surface area contributed by atoms with Crippen LogP contribution < -0.4 is 4.74 Å². The van der Waals surface area contributed by atoms with Gasteiger partial charge < -0.3 is 4.74 Å². The number of aromatic nitrogens is 1. The van der Waals surface area contributed by atoms with Crippen molar-refractivity contribution in [1.29, 1.82) is 5.26 Å². The van der Waals surface area contributed by atoms with Gasteiger partial charge in [0.15, 0.2) is 11.7 Å². The Hall–Kier alpha value is -3.75. The third-order valence-electron chi connectivity index (χ3n) is 4.63. The van der Waals surface area contributed by atoms with Crippen LogP contribution in [0, 0.1) is 11.3 Å². The number of ether oxygens (including phenoxy) is 1. The lowest BCUT2D eigenvalue weighted by Crippen LogP contribution is -2.19. The van der Waals surface area contributed by atoms with E-state index in [1.54, 1.807) is 0 Å². The summed E-state index contributed by atoms with van der Waals surface area (Å²) >= 11 is 1.32. The average Bonchev–Trinajstić information content (AvgIpc) is 3.29. The van der Waals surface area contributed by atoms with E-state index >= 15 is 0 Å². The van der Waals surface area contributed by atoms with Crippen molar-refractivity contribution in [2.45, 2.75) is 5.92 Å². The summed E-state index contributed by atoms with van der Waals surface area (Å²) in [7, 11) is 0. The third kappa shape index (κ3) is 4.45. The fraction of sp³-hybridized carbons (Fsp3) is 0.0800. The number of carbonyl (C=O) groups is 1. The van der Waals surface area contributed by atoms with Crippen molar-refractivity contribution in [3.8, 4) is 34.2 Å². The quantitative estimate of drug-likeness (QED) is 0.390. The van der Waals surface area contributed by atoms with Crippen LogP contribution in [-0.4, -0.2) is 17.4 Å². The van der Waals surface area contributed by atoms with Crippen LogP contribution >= 0.6 is 11.3 Å². The van der Waals surface area contributed by atoms with E-state index in [2.05, 4.69) is 11.1 Å². The molecule has 146 valence electrons. The second kappa shape index (κ2) is 9.17. The molecular weight excluding hydrogens is 392 g/mol. The van der Waals surface area contributed by atoms with Gasteiger partial charge in [-0.3, -0.25) is 4.79 Å². The molecule has 0 bridgehead atoms. The zero-order valence-electron chi connectivity index (χ0n) is 16.1. The Morgan fingerprint density at radius 3 is 2.13 bits per heavy atom. The van der Waals surface area contributed by atoms with Gasteiger partial charge in [0.05, 0.1) is 11.8 Å². The van der Waals surface area contributed by atoms with Gasteiger partial charge >= 0.3 is 0 Å². The molecule has 3 aromatic carbocycles. The van der Waals surface area contributed by atoms with Gasteiger partial charge in [-0.1, -0.05) is 72.8 Å². The molecule has 1 unspecified atom stereocenters. The number of ketones is 1. The second-order valence-corrected chi connectivity index (χ2v) is 7.53. The Labute approximate surface area is 179 Å². The lowest BCUT2D eigenvalue weighted by atomic mass is 10.1. The predicted molar refractivity (Wildman–Crippen MR) is 118 cm³/mol. The first-order chi connectivity index (χ1) is 14.7. The molecule has 5 heteroatoms. The molecule has 0 spiro atoms. The van der Waals surface area contributed by atoms with Gasteiger partial charge in [0.1, 0.15) is 17.4 Å². The van der Waals surface area contributed by atoms with Gasteiger partial charge in [-0.05, 0) is 23.3 Å². The zero-order chi connectivity index (χ0) is 20.8. The molecule has 0 radical (unpaired) electrons. The maximum absolute atomic E-state index is 12.6. The Balaban J connectivity index is 1.40. The van der Waals surface area contributed by atoms with Crippen molar-refractivity contribution >= 4 is 17.1 Å². The Morgan fingerprint density at radius 1 is 0.900 bits per heavy atom. The van der Waals surface area contributed by atoms with Crippen molar-refractivity contribution in [2.24, 2.45) is 0 Å². The first-order valence-corrected chi connectivity index (χ1v) is 10.3. The molecule has 0 saturated heterocycles. The van der Waals surface area contributed by atoms with E-state index in [1.807, 2.05) is 90.3 Å². The Bertz CT molecular complexity index is 1160. The van der Waals surface area contributed by atoms with E-state index in [0.29, 0.717) is 10.8 Å². The molecule has 0 aliphatic rings. The fourth-order valence-corrected chi connectivity index (χ4v) is 3.93. The standard InChI is InChI=1S/C25H18N2O2S/c26-15-22(25-27-23(17-30-25)20-9-5-2-6-10-20)24(28)16-29-21-13-11-19(12-14-21)18-7-3-1-4-8-18/h1-14,17,22H,16H2. The van der Waals surface area contributed by atoms with Crippen LogP contribution in [0.15, 0.2) is 90.3 Å². The molecule has 4 aromatic rings. The van der Waals surface area contributed by atoms with Gasteiger partial charge in [-0.15, -0.1) is 11.3 Å². The summed E-state index contributed by atoms with van der Waals surface area (Å²) in [5.74, 6) is -0.654. The van der Waals surface area contributed by atoms with E-state index < -0.39 is 5.92 Å². The highest BCUT2D eigenvalue weighted by atomic mass is 32.1. The van der Waals surface area contributed by atoms with E-state index in [4.69, 9.17) is 4.74 Å². The molecule has 0 saturated carbocycles. The van der Waals surface area contributed by atoms with Gasteiger partial charge in [0.2, 0.25) is 0 Å². The maximum Gasteiger partial charge on any atom is 0.194 e. The minimum absolute atomic E-state index is 0.177. The van der Waals surface area contributed by atoms with Gasteiger partial charge in [0.25, 0.3) is 0 Å². The molecule has 0 aliphatic carbocycles. The second-order valence-electron chi connectivity index (χ2n) is 6.64. The van der Waals surface area contributed by atoms with E-state index in [0.717, 1.165) is 22.4 Å². The summed E-state index contributed by atoms with van der Waals surface area (Å²) in [5.41, 5.74) is 3.91. The van der Waals surface area contributed by atoms with Crippen molar-refractivity contribution in [1.82, 2.24) is 4.98 Å². The third-order valence-corrected chi connectivity index (χ3v) is 5.54. The van der Waals surface area contributed by atoms with E-state index in [1.165, 1.54) is 11.3 Å². The number of Topliss-reactive ketones (excluding diaryl/α,β-unsaturated/α-hetero) is 1. The van der Waals surface area contributed by atoms with Gasteiger partial charge in [-0.25, -0.2) is 4.98 Å². The van der Waals surface area contributed by atoms with E-state index in [-0.39, 0.29) is 12.4 Å². The SMILES string of the molecule is N#CC(C(=O)COc1ccc(-c2ccccc2)cc1)c1nc(-c2ccccc2)cs1. The van der Waals surface area contributed by atoms with Crippen molar-refractivity contribution in [2.75, 3.05) is 6.61 Å². The smallest absolute Gasteiger partial charge is 0.194 e. The molecule has 1 aromatic heterocycles. The molecule has 0 amide bonds. The van der Waals surface area contributed by atoms with Crippen LogP contribution in [0.3, 0.4) is 0 Å². The number of thiazole rings is 1. The number of hydrogen-bond acceptors (Lipinski definition) is 5. The number of rotatable bonds is 7. The molecule has 0 N–H and O–H groups in total.